The maximum atomic E-state index is 8.96. The molecule has 0 aliphatic carbocycles. The molecule has 1 aromatic heterocycles. The normalized spacial score (nSPS) is 10.3. The van der Waals surface area contributed by atoms with Gasteiger partial charge in [-0.25, -0.2) is 0 Å². The van der Waals surface area contributed by atoms with Gasteiger partial charge in [0, 0.05) is 0 Å². The van der Waals surface area contributed by atoms with Crippen molar-refractivity contribution in [1.29, 1.82) is 0 Å². The molecule has 0 atom stereocenters. The molecule has 16 heavy (non-hydrogen) atoms. The van der Waals surface area contributed by atoms with E-state index in [2.05, 4.69) is 10.2 Å². The molecule has 5 heteroatoms. The molecule has 2 rings (SSSR count). The van der Waals surface area contributed by atoms with Crippen LogP contribution in [0.25, 0.3) is 0 Å². The minimum Gasteiger partial charge on any atom is -0.492 e. The molecule has 5 nitrogen and oxygen atoms in total. The number of nitrogens with zero attached hydrogens (tertiary/aromatic N) is 3. The van der Waals surface area contributed by atoms with E-state index in [1.54, 1.807) is 10.9 Å². The van der Waals surface area contributed by atoms with E-state index in [1.807, 2.05) is 30.3 Å². The van der Waals surface area contributed by atoms with Crippen LogP contribution in [0.1, 0.15) is 5.82 Å². The van der Waals surface area contributed by atoms with Crippen molar-refractivity contribution in [2.24, 2.45) is 0 Å². The number of para-hydroxylation sites is 1. The lowest BCUT2D eigenvalue weighted by Crippen LogP contribution is -2.10. The van der Waals surface area contributed by atoms with Crippen LogP contribution >= 0.6 is 0 Å². The Morgan fingerprint density at radius 3 is 2.81 bits per heavy atom. The van der Waals surface area contributed by atoms with Crippen molar-refractivity contribution in [3.8, 4) is 5.75 Å². The minimum absolute atomic E-state index is 0.106. The molecule has 84 valence electrons. The summed E-state index contributed by atoms with van der Waals surface area (Å²) in [4.78, 5) is 0. The summed E-state index contributed by atoms with van der Waals surface area (Å²) in [6.07, 6.45) is 1.58. The summed E-state index contributed by atoms with van der Waals surface area (Å²) in [6.45, 7) is 1.04. The first kappa shape index (κ1) is 10.6. The van der Waals surface area contributed by atoms with Gasteiger partial charge in [-0.3, -0.25) is 0 Å². The van der Waals surface area contributed by atoms with Gasteiger partial charge in [0.15, 0.2) is 5.82 Å². The van der Waals surface area contributed by atoms with Crippen molar-refractivity contribution in [2.75, 3.05) is 6.61 Å². The Labute approximate surface area is 93.3 Å². The van der Waals surface area contributed by atoms with Crippen LogP contribution in [0, 0.1) is 0 Å². The second-order valence-electron chi connectivity index (χ2n) is 3.26. The van der Waals surface area contributed by atoms with Crippen LogP contribution < -0.4 is 4.74 Å². The van der Waals surface area contributed by atoms with Gasteiger partial charge in [0.1, 0.15) is 25.3 Å². The molecule has 0 saturated carbocycles. The highest BCUT2D eigenvalue weighted by molar-refractivity contribution is 5.20. The molecular formula is C11H13N3O2. The Bertz CT molecular complexity index is 428. The first-order valence-electron chi connectivity index (χ1n) is 5.05. The second kappa shape index (κ2) is 5.27. The Balaban J connectivity index is 1.85. The molecule has 0 aliphatic rings. The van der Waals surface area contributed by atoms with Crippen LogP contribution in [-0.4, -0.2) is 26.5 Å². The topological polar surface area (TPSA) is 60.2 Å². The number of aliphatic hydroxyl groups is 1. The smallest absolute Gasteiger partial charge is 0.158 e. The van der Waals surface area contributed by atoms with Crippen molar-refractivity contribution in [2.45, 2.75) is 13.2 Å². The van der Waals surface area contributed by atoms with E-state index in [0.717, 1.165) is 5.75 Å². The fourth-order valence-corrected chi connectivity index (χ4v) is 1.37. The fourth-order valence-electron chi connectivity index (χ4n) is 1.37. The molecule has 0 spiro atoms. The average molecular weight is 219 g/mol. The quantitative estimate of drug-likeness (QED) is 0.809. The van der Waals surface area contributed by atoms with Gasteiger partial charge in [-0.05, 0) is 12.1 Å². The van der Waals surface area contributed by atoms with Gasteiger partial charge in [-0.15, -0.1) is 10.2 Å². The van der Waals surface area contributed by atoms with E-state index in [9.17, 15) is 0 Å². The molecule has 1 N–H and O–H groups in total. The molecule has 0 aliphatic heterocycles. The minimum atomic E-state index is -0.106. The second-order valence-corrected chi connectivity index (χ2v) is 3.26. The highest BCUT2D eigenvalue weighted by Gasteiger charge is 2.01. The molecule has 0 bridgehead atoms. The van der Waals surface area contributed by atoms with Gasteiger partial charge >= 0.3 is 0 Å². The molecule has 0 unspecified atom stereocenters. The maximum Gasteiger partial charge on any atom is 0.158 e. The Kier molecular flexibility index (Phi) is 3.50. The zero-order chi connectivity index (χ0) is 11.2. The van der Waals surface area contributed by atoms with E-state index < -0.39 is 0 Å². The molecule has 0 fully saturated rings. The summed E-state index contributed by atoms with van der Waals surface area (Å²) in [5, 5.41) is 16.4. The largest absolute Gasteiger partial charge is 0.492 e. The van der Waals surface area contributed by atoms with Gasteiger partial charge in [-0.2, -0.15) is 0 Å². The van der Waals surface area contributed by atoms with Crippen LogP contribution in [-0.2, 0) is 13.2 Å². The van der Waals surface area contributed by atoms with Crippen LogP contribution in [0.5, 0.6) is 5.75 Å². The fraction of sp³-hybridized carbons (Fsp3) is 0.273. The predicted octanol–water partition coefficient (Wildman–Crippen LogP) is 0.849. The van der Waals surface area contributed by atoms with Crippen LogP contribution in [0.3, 0.4) is 0 Å². The SMILES string of the molecule is OCc1nncn1CCOc1ccccc1. The third kappa shape index (κ3) is 2.58. The van der Waals surface area contributed by atoms with Crippen LogP contribution in [0.4, 0.5) is 0 Å². The summed E-state index contributed by atoms with van der Waals surface area (Å²) in [5.74, 6) is 1.39. The van der Waals surface area contributed by atoms with E-state index in [-0.39, 0.29) is 6.61 Å². The summed E-state index contributed by atoms with van der Waals surface area (Å²) in [7, 11) is 0. The van der Waals surface area contributed by atoms with Gasteiger partial charge < -0.3 is 14.4 Å². The van der Waals surface area contributed by atoms with Gasteiger partial charge in [0.25, 0.3) is 0 Å². The third-order valence-electron chi connectivity index (χ3n) is 2.18. The number of aromatic nitrogens is 3. The van der Waals surface area contributed by atoms with Gasteiger partial charge in [-0.1, -0.05) is 18.2 Å². The molecule has 0 amide bonds. The highest BCUT2D eigenvalue weighted by Crippen LogP contribution is 2.08. The van der Waals surface area contributed by atoms with E-state index >= 15 is 0 Å². The van der Waals surface area contributed by atoms with Crippen molar-refractivity contribution < 1.29 is 9.84 Å². The first-order valence-corrected chi connectivity index (χ1v) is 5.05. The van der Waals surface area contributed by atoms with Crippen molar-refractivity contribution >= 4 is 0 Å². The van der Waals surface area contributed by atoms with E-state index in [0.29, 0.717) is 19.0 Å². The average Bonchev–Trinajstić information content (AvgIpc) is 2.78. The molecular weight excluding hydrogens is 206 g/mol. The monoisotopic (exact) mass is 219 g/mol. The van der Waals surface area contributed by atoms with Gasteiger partial charge in [0.2, 0.25) is 0 Å². The highest BCUT2D eigenvalue weighted by atomic mass is 16.5. The number of hydrogen-bond donors (Lipinski definition) is 1. The zero-order valence-electron chi connectivity index (χ0n) is 8.78. The maximum absolute atomic E-state index is 8.96. The predicted molar refractivity (Wildman–Crippen MR) is 57.9 cm³/mol. The zero-order valence-corrected chi connectivity index (χ0v) is 8.78. The van der Waals surface area contributed by atoms with Crippen molar-refractivity contribution in [3.63, 3.8) is 0 Å². The van der Waals surface area contributed by atoms with E-state index in [4.69, 9.17) is 9.84 Å². The Hall–Kier alpha value is -1.88. The molecule has 0 saturated heterocycles. The standard InChI is InChI=1S/C11H13N3O2/c15-8-11-13-12-9-14(11)6-7-16-10-4-2-1-3-5-10/h1-5,9,15H,6-8H2. The molecule has 2 aromatic rings. The lowest BCUT2D eigenvalue weighted by Gasteiger charge is -2.07. The summed E-state index contributed by atoms with van der Waals surface area (Å²) >= 11 is 0. The van der Waals surface area contributed by atoms with Crippen molar-refractivity contribution in [3.05, 3.63) is 42.5 Å². The Morgan fingerprint density at radius 1 is 1.25 bits per heavy atom. The third-order valence-corrected chi connectivity index (χ3v) is 2.18. The van der Waals surface area contributed by atoms with Crippen LogP contribution in [0.15, 0.2) is 36.7 Å². The summed E-state index contributed by atoms with van der Waals surface area (Å²) in [5.41, 5.74) is 0. The number of rotatable bonds is 5. The summed E-state index contributed by atoms with van der Waals surface area (Å²) in [6, 6.07) is 9.59. The molecule has 1 heterocycles. The number of aliphatic hydroxyl groups excluding tert-OH is 1. The van der Waals surface area contributed by atoms with Crippen molar-refractivity contribution in [1.82, 2.24) is 14.8 Å². The summed E-state index contributed by atoms with van der Waals surface area (Å²) < 4.78 is 7.29. The number of benzene rings is 1. The lowest BCUT2D eigenvalue weighted by molar-refractivity contribution is 0.254. The first-order chi connectivity index (χ1) is 7.90. The van der Waals surface area contributed by atoms with Crippen LogP contribution in [0.2, 0.25) is 0 Å². The lowest BCUT2D eigenvalue weighted by atomic mass is 10.3. The Morgan fingerprint density at radius 2 is 2.06 bits per heavy atom. The molecule has 1 aromatic carbocycles. The molecule has 0 radical (unpaired) electrons. The van der Waals surface area contributed by atoms with E-state index in [1.165, 1.54) is 0 Å². The number of hydrogen-bond acceptors (Lipinski definition) is 4. The van der Waals surface area contributed by atoms with Gasteiger partial charge in [0.05, 0.1) is 6.54 Å². The number of ether oxygens (including phenoxy) is 1.